The summed E-state index contributed by atoms with van der Waals surface area (Å²) in [5.41, 5.74) is 5.03. The van der Waals surface area contributed by atoms with Crippen molar-refractivity contribution in [3.63, 3.8) is 0 Å². The topological polar surface area (TPSA) is 79.5 Å². The molecule has 12 heavy (non-hydrogen) atoms. The van der Waals surface area contributed by atoms with E-state index in [0.717, 1.165) is 0 Å². The van der Waals surface area contributed by atoms with Crippen LogP contribution in [-0.4, -0.2) is 26.0 Å². The number of ether oxygens (including phenoxy) is 2. The highest BCUT2D eigenvalue weighted by atomic mass is 16.5. The first-order valence-electron chi connectivity index (χ1n) is 3.46. The lowest BCUT2D eigenvalue weighted by Crippen LogP contribution is -2.51. The van der Waals surface area contributed by atoms with Gasteiger partial charge in [-0.15, -0.1) is 0 Å². The zero-order valence-electron chi connectivity index (χ0n) is 7.49. The number of hydrogen-bond donors (Lipinski definition) is 2. The van der Waals surface area contributed by atoms with Crippen molar-refractivity contribution >= 4 is 0 Å². The van der Waals surface area contributed by atoms with Gasteiger partial charge in [-0.2, -0.15) is 0 Å². The van der Waals surface area contributed by atoms with Crippen molar-refractivity contribution in [1.82, 2.24) is 6.15 Å². The van der Waals surface area contributed by atoms with Crippen molar-refractivity contribution in [2.75, 3.05) is 14.2 Å². The van der Waals surface area contributed by atoms with Crippen LogP contribution < -0.4 is 11.9 Å². The molecule has 0 aliphatic heterocycles. The van der Waals surface area contributed by atoms with E-state index in [1.807, 2.05) is 18.2 Å². The summed E-state index contributed by atoms with van der Waals surface area (Å²) >= 11 is 0. The zero-order valence-corrected chi connectivity index (χ0v) is 7.49. The smallest absolute Gasteiger partial charge is 0.165 e. The van der Waals surface area contributed by atoms with Gasteiger partial charge in [0, 0.05) is 14.2 Å². The van der Waals surface area contributed by atoms with Crippen LogP contribution in [0.15, 0.2) is 24.3 Å². The van der Waals surface area contributed by atoms with E-state index in [2.05, 4.69) is 0 Å². The Morgan fingerprint density at radius 1 is 1.33 bits per heavy atom. The highest BCUT2D eigenvalue weighted by Crippen LogP contribution is 2.18. The van der Waals surface area contributed by atoms with Gasteiger partial charge < -0.3 is 15.6 Å². The van der Waals surface area contributed by atoms with E-state index in [1.165, 1.54) is 0 Å². The van der Waals surface area contributed by atoms with Crippen LogP contribution in [0.1, 0.15) is 0 Å². The van der Waals surface area contributed by atoms with Crippen LogP contribution in [0.5, 0.6) is 0 Å². The van der Waals surface area contributed by atoms with Gasteiger partial charge in [0.1, 0.15) is 6.10 Å². The SMILES string of the molecule is COC1C=CC=CC1(N)OC.N. The molecule has 0 heterocycles. The van der Waals surface area contributed by atoms with Gasteiger partial charge in [-0.25, -0.2) is 0 Å². The molecule has 4 nitrogen and oxygen atoms in total. The Morgan fingerprint density at radius 2 is 2.00 bits per heavy atom. The molecular formula is C8H16N2O2. The van der Waals surface area contributed by atoms with E-state index in [4.69, 9.17) is 15.2 Å². The summed E-state index contributed by atoms with van der Waals surface area (Å²) < 4.78 is 10.2. The van der Waals surface area contributed by atoms with E-state index in [-0.39, 0.29) is 12.3 Å². The monoisotopic (exact) mass is 172 g/mol. The van der Waals surface area contributed by atoms with Crippen LogP contribution in [0.25, 0.3) is 0 Å². The quantitative estimate of drug-likeness (QED) is 0.597. The lowest BCUT2D eigenvalue weighted by atomic mass is 10.0. The van der Waals surface area contributed by atoms with Crippen LogP contribution >= 0.6 is 0 Å². The van der Waals surface area contributed by atoms with E-state index in [9.17, 15) is 0 Å². The molecule has 1 aliphatic rings. The van der Waals surface area contributed by atoms with Gasteiger partial charge >= 0.3 is 0 Å². The fraction of sp³-hybridized carbons (Fsp3) is 0.500. The largest absolute Gasteiger partial charge is 0.373 e. The highest BCUT2D eigenvalue weighted by Gasteiger charge is 2.31. The Hall–Kier alpha value is -0.680. The Bertz CT molecular complexity index is 191. The van der Waals surface area contributed by atoms with Crippen LogP contribution in [-0.2, 0) is 9.47 Å². The zero-order chi connectivity index (χ0) is 8.32. The maximum atomic E-state index is 5.83. The molecule has 0 bridgehead atoms. The predicted octanol–water partition coefficient (Wildman–Crippen LogP) is 0.591. The second-order valence-corrected chi connectivity index (χ2v) is 2.46. The average Bonchev–Trinajstić information content (AvgIpc) is 2.05. The average molecular weight is 172 g/mol. The van der Waals surface area contributed by atoms with E-state index in [1.54, 1.807) is 20.3 Å². The molecule has 0 fully saturated rings. The Kier molecular flexibility index (Phi) is 4.12. The van der Waals surface area contributed by atoms with Crippen LogP contribution in [0.4, 0.5) is 0 Å². The second-order valence-electron chi connectivity index (χ2n) is 2.46. The summed E-state index contributed by atoms with van der Waals surface area (Å²) in [6, 6.07) is 0. The van der Waals surface area contributed by atoms with Gasteiger partial charge in [-0.05, 0) is 6.08 Å². The van der Waals surface area contributed by atoms with Gasteiger partial charge in [0.15, 0.2) is 5.72 Å². The first-order valence-corrected chi connectivity index (χ1v) is 3.46. The molecule has 0 amide bonds. The number of hydrogen-bond acceptors (Lipinski definition) is 4. The van der Waals surface area contributed by atoms with Crippen molar-refractivity contribution in [2.24, 2.45) is 5.73 Å². The minimum absolute atomic E-state index is 0. The molecule has 2 unspecified atom stereocenters. The third kappa shape index (κ3) is 1.92. The highest BCUT2D eigenvalue weighted by molar-refractivity contribution is 5.21. The number of nitrogens with two attached hydrogens (primary N) is 1. The third-order valence-electron chi connectivity index (χ3n) is 1.81. The minimum Gasteiger partial charge on any atom is -0.373 e. The molecule has 0 aromatic rings. The number of allylic oxidation sites excluding steroid dienone is 2. The summed E-state index contributed by atoms with van der Waals surface area (Å²) in [4.78, 5) is 0. The van der Waals surface area contributed by atoms with Crippen LogP contribution in [0.2, 0.25) is 0 Å². The third-order valence-corrected chi connectivity index (χ3v) is 1.81. The van der Waals surface area contributed by atoms with Crippen LogP contribution in [0.3, 0.4) is 0 Å². The molecule has 2 atom stereocenters. The Balaban J connectivity index is 0.00000121. The molecule has 0 spiro atoms. The molecule has 5 N–H and O–H groups in total. The normalized spacial score (nSPS) is 33.1. The van der Waals surface area contributed by atoms with Crippen molar-refractivity contribution in [3.8, 4) is 0 Å². The molecular weight excluding hydrogens is 156 g/mol. The molecule has 1 rings (SSSR count). The van der Waals surface area contributed by atoms with Crippen LogP contribution in [0, 0.1) is 0 Å². The lowest BCUT2D eigenvalue weighted by Gasteiger charge is -2.31. The van der Waals surface area contributed by atoms with Gasteiger partial charge in [-0.3, -0.25) is 5.73 Å². The van der Waals surface area contributed by atoms with E-state index >= 15 is 0 Å². The molecule has 0 radical (unpaired) electrons. The molecule has 1 aliphatic carbocycles. The number of rotatable bonds is 2. The summed E-state index contributed by atoms with van der Waals surface area (Å²) in [7, 11) is 3.17. The van der Waals surface area contributed by atoms with E-state index < -0.39 is 5.72 Å². The molecule has 0 saturated carbocycles. The predicted molar refractivity (Wildman–Crippen MR) is 48.0 cm³/mol. The summed E-state index contributed by atoms with van der Waals surface area (Å²) in [6.07, 6.45) is 7.18. The molecule has 0 aromatic carbocycles. The van der Waals surface area contributed by atoms with Crippen molar-refractivity contribution in [3.05, 3.63) is 24.3 Å². The van der Waals surface area contributed by atoms with Gasteiger partial charge in [0.2, 0.25) is 0 Å². The minimum atomic E-state index is -0.802. The lowest BCUT2D eigenvalue weighted by molar-refractivity contribution is -0.0623. The van der Waals surface area contributed by atoms with Crippen molar-refractivity contribution < 1.29 is 9.47 Å². The Labute approximate surface area is 72.6 Å². The fourth-order valence-electron chi connectivity index (χ4n) is 1.06. The molecule has 4 heteroatoms. The maximum absolute atomic E-state index is 5.83. The Morgan fingerprint density at radius 3 is 2.42 bits per heavy atom. The summed E-state index contributed by atoms with van der Waals surface area (Å²) in [6.45, 7) is 0. The fourth-order valence-corrected chi connectivity index (χ4v) is 1.06. The summed E-state index contributed by atoms with van der Waals surface area (Å²) in [5.74, 6) is 0. The second kappa shape index (κ2) is 4.37. The van der Waals surface area contributed by atoms with Gasteiger partial charge in [0.05, 0.1) is 0 Å². The standard InChI is InChI=1S/C8H13NO2.H3N/c1-10-7-5-3-4-6-8(7,9)11-2;/h3-7H,9H2,1-2H3;1H3. The molecule has 0 aromatic heterocycles. The first-order chi connectivity index (χ1) is 5.23. The molecule has 0 saturated heterocycles. The van der Waals surface area contributed by atoms with Gasteiger partial charge in [-0.1, -0.05) is 18.2 Å². The summed E-state index contributed by atoms with van der Waals surface area (Å²) in [5, 5.41) is 0. The van der Waals surface area contributed by atoms with Crippen molar-refractivity contribution in [1.29, 1.82) is 0 Å². The van der Waals surface area contributed by atoms with Gasteiger partial charge in [0.25, 0.3) is 0 Å². The number of methoxy groups -OCH3 is 2. The van der Waals surface area contributed by atoms with Crippen molar-refractivity contribution in [2.45, 2.75) is 11.8 Å². The van der Waals surface area contributed by atoms with E-state index in [0.29, 0.717) is 0 Å². The first kappa shape index (κ1) is 11.3. The molecule has 70 valence electrons. The maximum Gasteiger partial charge on any atom is 0.165 e.